The maximum atomic E-state index is 11.2. The first-order valence-corrected chi connectivity index (χ1v) is 9.69. The van der Waals surface area contributed by atoms with Crippen molar-refractivity contribution in [2.45, 2.75) is 13.1 Å². The van der Waals surface area contributed by atoms with Crippen LogP contribution in [0.3, 0.4) is 0 Å². The van der Waals surface area contributed by atoms with E-state index in [1.807, 2.05) is 30.5 Å². The van der Waals surface area contributed by atoms with Crippen molar-refractivity contribution in [2.75, 3.05) is 13.2 Å². The third kappa shape index (κ3) is 3.50. The SMILES string of the molecule is O=c1ncc(CN2CCOc3c(Cl)cc(-n4ccc5ncccc54)cc3C2)c[nH]1. The number of fused-ring (bicyclic) bond motifs is 2. The summed E-state index contributed by atoms with van der Waals surface area (Å²) in [6, 6.07) is 9.98. The predicted octanol–water partition coefficient (Wildman–Crippen LogP) is 3.16. The molecular formula is C21H18ClN5O2. The molecule has 0 bridgehead atoms. The molecule has 4 aromatic rings. The standard InChI is InChI=1S/C21H18ClN5O2/c22-17-9-16(27-5-3-18-19(27)2-1-4-23-18)8-15-13-26(6-7-29-20(15)17)12-14-10-24-21(28)25-11-14/h1-5,8-11H,6-7,12-13H2,(H,24,25,28). The summed E-state index contributed by atoms with van der Waals surface area (Å²) in [6.07, 6.45) is 7.09. The highest BCUT2D eigenvalue weighted by molar-refractivity contribution is 6.32. The molecule has 0 aliphatic carbocycles. The first kappa shape index (κ1) is 17.9. The summed E-state index contributed by atoms with van der Waals surface area (Å²) in [7, 11) is 0. The fourth-order valence-electron chi connectivity index (χ4n) is 3.69. The van der Waals surface area contributed by atoms with Gasteiger partial charge in [-0.05, 0) is 30.3 Å². The zero-order chi connectivity index (χ0) is 19.8. The number of rotatable bonds is 3. The van der Waals surface area contributed by atoms with Crippen molar-refractivity contribution in [2.24, 2.45) is 0 Å². The second-order valence-corrected chi connectivity index (χ2v) is 7.40. The summed E-state index contributed by atoms with van der Waals surface area (Å²) in [5, 5.41) is 0.593. The van der Waals surface area contributed by atoms with Crippen molar-refractivity contribution < 1.29 is 4.74 Å². The van der Waals surface area contributed by atoms with Gasteiger partial charge in [0.2, 0.25) is 0 Å². The number of hydrogen-bond donors (Lipinski definition) is 1. The molecule has 29 heavy (non-hydrogen) atoms. The summed E-state index contributed by atoms with van der Waals surface area (Å²) in [5.41, 5.74) is 4.54. The van der Waals surface area contributed by atoms with Crippen molar-refractivity contribution in [1.82, 2.24) is 24.4 Å². The van der Waals surface area contributed by atoms with E-state index in [1.165, 1.54) is 0 Å². The van der Waals surface area contributed by atoms with Gasteiger partial charge in [0, 0.05) is 61.2 Å². The van der Waals surface area contributed by atoms with Gasteiger partial charge < -0.3 is 14.3 Å². The Hall–Kier alpha value is -3.16. The number of H-pyrrole nitrogens is 1. The molecule has 0 saturated heterocycles. The van der Waals surface area contributed by atoms with Crippen molar-refractivity contribution in [3.05, 3.63) is 81.8 Å². The lowest BCUT2D eigenvalue weighted by Crippen LogP contribution is -2.26. The van der Waals surface area contributed by atoms with E-state index in [4.69, 9.17) is 16.3 Å². The van der Waals surface area contributed by atoms with Gasteiger partial charge in [-0.15, -0.1) is 0 Å². The Morgan fingerprint density at radius 1 is 1.24 bits per heavy atom. The molecule has 5 rings (SSSR count). The van der Waals surface area contributed by atoms with Crippen LogP contribution >= 0.6 is 11.6 Å². The van der Waals surface area contributed by atoms with Crippen LogP contribution in [0, 0.1) is 0 Å². The van der Waals surface area contributed by atoms with Gasteiger partial charge in [0.25, 0.3) is 0 Å². The molecular weight excluding hydrogens is 390 g/mol. The number of halogens is 1. The van der Waals surface area contributed by atoms with Crippen molar-refractivity contribution >= 4 is 22.6 Å². The number of aromatic nitrogens is 4. The average Bonchev–Trinajstić information content (AvgIpc) is 3.04. The van der Waals surface area contributed by atoms with E-state index in [0.29, 0.717) is 24.7 Å². The van der Waals surface area contributed by atoms with E-state index >= 15 is 0 Å². The van der Waals surface area contributed by atoms with Crippen LogP contribution in [-0.4, -0.2) is 37.6 Å². The number of nitrogens with one attached hydrogen (secondary N) is 1. The lowest BCUT2D eigenvalue weighted by Gasteiger charge is -2.19. The monoisotopic (exact) mass is 407 g/mol. The lowest BCUT2D eigenvalue weighted by molar-refractivity contribution is 0.219. The highest BCUT2D eigenvalue weighted by Gasteiger charge is 2.20. The van der Waals surface area contributed by atoms with Gasteiger partial charge in [0.1, 0.15) is 12.4 Å². The van der Waals surface area contributed by atoms with Crippen LogP contribution in [0.25, 0.3) is 16.7 Å². The molecule has 1 aliphatic heterocycles. The summed E-state index contributed by atoms with van der Waals surface area (Å²) < 4.78 is 8.04. The topological polar surface area (TPSA) is 76.0 Å². The summed E-state index contributed by atoms with van der Waals surface area (Å²) in [5.74, 6) is 0.729. The lowest BCUT2D eigenvalue weighted by atomic mass is 10.1. The van der Waals surface area contributed by atoms with Crippen LogP contribution in [0.2, 0.25) is 5.02 Å². The average molecular weight is 408 g/mol. The molecule has 0 unspecified atom stereocenters. The molecule has 0 amide bonds. The van der Waals surface area contributed by atoms with Gasteiger partial charge in [0.15, 0.2) is 0 Å². The molecule has 0 atom stereocenters. The van der Waals surface area contributed by atoms with Crippen LogP contribution in [-0.2, 0) is 13.1 Å². The minimum atomic E-state index is -0.344. The smallest absolute Gasteiger partial charge is 0.344 e. The van der Waals surface area contributed by atoms with Crippen LogP contribution < -0.4 is 10.4 Å². The van der Waals surface area contributed by atoms with Crippen LogP contribution in [0.1, 0.15) is 11.1 Å². The van der Waals surface area contributed by atoms with Gasteiger partial charge >= 0.3 is 5.69 Å². The Morgan fingerprint density at radius 3 is 3.03 bits per heavy atom. The number of aromatic amines is 1. The maximum absolute atomic E-state index is 11.2. The van der Waals surface area contributed by atoms with E-state index in [9.17, 15) is 4.79 Å². The fraction of sp³-hybridized carbons (Fsp3) is 0.190. The molecule has 8 heteroatoms. The Morgan fingerprint density at radius 2 is 2.17 bits per heavy atom. The molecule has 7 nitrogen and oxygen atoms in total. The van der Waals surface area contributed by atoms with E-state index in [0.717, 1.165) is 40.1 Å². The fourth-order valence-corrected chi connectivity index (χ4v) is 3.98. The Balaban J connectivity index is 1.50. The molecule has 3 aromatic heterocycles. The minimum Gasteiger partial charge on any atom is -0.490 e. The highest BCUT2D eigenvalue weighted by Crippen LogP contribution is 2.35. The summed E-state index contributed by atoms with van der Waals surface area (Å²) >= 11 is 6.59. The number of hydrogen-bond acceptors (Lipinski definition) is 5. The molecule has 1 aliphatic rings. The third-order valence-electron chi connectivity index (χ3n) is 5.02. The molecule has 0 fully saturated rings. The first-order chi connectivity index (χ1) is 14.2. The Labute approximate surface area is 171 Å². The number of pyridine rings is 1. The van der Waals surface area contributed by atoms with Gasteiger partial charge in [-0.25, -0.2) is 9.78 Å². The molecule has 1 aromatic carbocycles. The van der Waals surface area contributed by atoms with Crippen molar-refractivity contribution in [3.63, 3.8) is 0 Å². The Bertz CT molecular complexity index is 1230. The third-order valence-corrected chi connectivity index (χ3v) is 5.30. The largest absolute Gasteiger partial charge is 0.490 e. The molecule has 0 radical (unpaired) electrons. The second kappa shape index (κ2) is 7.35. The number of benzene rings is 1. The van der Waals surface area contributed by atoms with E-state index in [2.05, 4.69) is 30.5 Å². The van der Waals surface area contributed by atoms with Gasteiger partial charge in [0.05, 0.1) is 16.1 Å². The molecule has 0 saturated carbocycles. The van der Waals surface area contributed by atoms with E-state index in [-0.39, 0.29) is 5.69 Å². The van der Waals surface area contributed by atoms with Crippen LogP contribution in [0.15, 0.2) is 59.9 Å². The first-order valence-electron chi connectivity index (χ1n) is 9.31. The Kier molecular flexibility index (Phi) is 4.54. The zero-order valence-corrected chi connectivity index (χ0v) is 16.3. The predicted molar refractivity (Wildman–Crippen MR) is 111 cm³/mol. The van der Waals surface area contributed by atoms with Crippen molar-refractivity contribution in [3.8, 4) is 11.4 Å². The second-order valence-electron chi connectivity index (χ2n) is 7.00. The zero-order valence-electron chi connectivity index (χ0n) is 15.5. The van der Waals surface area contributed by atoms with Gasteiger partial charge in [-0.1, -0.05) is 11.6 Å². The summed E-state index contributed by atoms with van der Waals surface area (Å²) in [4.78, 5) is 24.3. The highest BCUT2D eigenvalue weighted by atomic mass is 35.5. The van der Waals surface area contributed by atoms with E-state index < -0.39 is 0 Å². The van der Waals surface area contributed by atoms with Crippen LogP contribution in [0.4, 0.5) is 0 Å². The van der Waals surface area contributed by atoms with Crippen LogP contribution in [0.5, 0.6) is 5.75 Å². The van der Waals surface area contributed by atoms with Gasteiger partial charge in [-0.2, -0.15) is 0 Å². The molecule has 146 valence electrons. The molecule has 1 N–H and O–H groups in total. The normalized spacial score (nSPS) is 14.4. The summed E-state index contributed by atoms with van der Waals surface area (Å²) in [6.45, 7) is 2.62. The molecule has 4 heterocycles. The minimum absolute atomic E-state index is 0.344. The van der Waals surface area contributed by atoms with Crippen molar-refractivity contribution in [1.29, 1.82) is 0 Å². The number of ether oxygens (including phenoxy) is 1. The molecule has 0 spiro atoms. The van der Waals surface area contributed by atoms with Gasteiger partial charge in [-0.3, -0.25) is 9.88 Å². The van der Waals surface area contributed by atoms with E-state index in [1.54, 1.807) is 18.6 Å². The number of nitrogens with zero attached hydrogens (tertiary/aromatic N) is 4. The quantitative estimate of drug-likeness (QED) is 0.564. The maximum Gasteiger partial charge on any atom is 0.344 e.